The minimum absolute atomic E-state index is 0.0524. The molecule has 0 heterocycles. The Hall–Kier alpha value is -1.10. The van der Waals surface area contributed by atoms with E-state index in [0.29, 0.717) is 5.41 Å². The highest BCUT2D eigenvalue weighted by Gasteiger charge is 2.50. The van der Waals surface area contributed by atoms with Crippen molar-refractivity contribution in [1.82, 2.24) is 5.32 Å². The molecule has 4 fully saturated rings. The average Bonchev–Trinajstić information content (AvgIpc) is 2.43. The van der Waals surface area contributed by atoms with E-state index in [1.165, 1.54) is 45.6 Å². The lowest BCUT2D eigenvalue weighted by molar-refractivity contribution is -0.142. The molecule has 3 N–H and O–H groups in total. The highest BCUT2D eigenvalue weighted by molar-refractivity contribution is 5.86. The SMILES string of the molecule is COC(=O)C[C@H](N)C(=O)NCC12CC3CC(CC(C3)C1)C2. The summed E-state index contributed by atoms with van der Waals surface area (Å²) in [5.74, 6) is 1.95. The Morgan fingerprint density at radius 2 is 1.71 bits per heavy atom. The normalized spacial score (nSPS) is 38.1. The Morgan fingerprint density at radius 1 is 1.19 bits per heavy atom. The molecular weight excluding hydrogens is 268 g/mol. The molecule has 118 valence electrons. The van der Waals surface area contributed by atoms with Crippen molar-refractivity contribution in [3.05, 3.63) is 0 Å². The van der Waals surface area contributed by atoms with E-state index in [2.05, 4.69) is 10.1 Å². The second-order valence-electron chi connectivity index (χ2n) is 7.52. The molecule has 0 saturated heterocycles. The van der Waals surface area contributed by atoms with Gasteiger partial charge in [0.2, 0.25) is 5.91 Å². The Morgan fingerprint density at radius 3 is 2.19 bits per heavy atom. The van der Waals surface area contributed by atoms with Crippen LogP contribution in [0.4, 0.5) is 0 Å². The van der Waals surface area contributed by atoms with Gasteiger partial charge in [0.15, 0.2) is 0 Å². The third-order valence-corrected chi connectivity index (χ3v) is 5.75. The first kappa shape index (κ1) is 14.8. The maximum absolute atomic E-state index is 12.0. The summed E-state index contributed by atoms with van der Waals surface area (Å²) in [5, 5.41) is 3.00. The smallest absolute Gasteiger partial charge is 0.307 e. The Labute approximate surface area is 126 Å². The Balaban J connectivity index is 1.53. The van der Waals surface area contributed by atoms with E-state index in [1.54, 1.807) is 0 Å². The molecule has 4 aliphatic rings. The molecule has 0 unspecified atom stereocenters. The van der Waals surface area contributed by atoms with Gasteiger partial charge in [-0.2, -0.15) is 0 Å². The number of ether oxygens (including phenoxy) is 1. The summed E-state index contributed by atoms with van der Waals surface area (Å²) >= 11 is 0. The molecule has 0 aromatic rings. The summed E-state index contributed by atoms with van der Waals surface area (Å²) < 4.78 is 4.55. The topological polar surface area (TPSA) is 81.4 Å². The maximum atomic E-state index is 12.0. The van der Waals surface area contributed by atoms with Crippen LogP contribution in [0.2, 0.25) is 0 Å². The van der Waals surface area contributed by atoms with E-state index in [0.717, 1.165) is 24.3 Å². The fourth-order valence-corrected chi connectivity index (χ4v) is 5.27. The predicted octanol–water partition coefficient (Wildman–Crippen LogP) is 1.21. The highest BCUT2D eigenvalue weighted by Crippen LogP contribution is 2.59. The van der Waals surface area contributed by atoms with Gasteiger partial charge >= 0.3 is 5.97 Å². The van der Waals surface area contributed by atoms with Crippen LogP contribution < -0.4 is 11.1 Å². The van der Waals surface area contributed by atoms with Gasteiger partial charge < -0.3 is 15.8 Å². The summed E-state index contributed by atoms with van der Waals surface area (Å²) in [4.78, 5) is 23.2. The lowest BCUT2D eigenvalue weighted by Crippen LogP contribution is -2.53. The van der Waals surface area contributed by atoms with Crippen molar-refractivity contribution in [1.29, 1.82) is 0 Å². The molecule has 5 heteroatoms. The molecule has 0 aromatic heterocycles. The van der Waals surface area contributed by atoms with Crippen molar-refractivity contribution in [3.63, 3.8) is 0 Å². The van der Waals surface area contributed by atoms with Gasteiger partial charge in [-0.25, -0.2) is 0 Å². The van der Waals surface area contributed by atoms with Crippen LogP contribution in [0.5, 0.6) is 0 Å². The number of esters is 1. The standard InChI is InChI=1S/C16H26N2O3/c1-21-14(19)5-13(17)15(20)18-9-16-6-10-2-11(7-16)4-12(3-10)8-16/h10-13H,2-9,17H2,1H3,(H,18,20)/t10?,11?,12?,13-,16?/m0/s1. The largest absolute Gasteiger partial charge is 0.469 e. The van der Waals surface area contributed by atoms with E-state index in [1.807, 2.05) is 0 Å². The number of rotatable bonds is 5. The summed E-state index contributed by atoms with van der Waals surface area (Å²) in [7, 11) is 1.31. The minimum atomic E-state index is -0.800. The zero-order valence-corrected chi connectivity index (χ0v) is 12.8. The van der Waals surface area contributed by atoms with E-state index in [9.17, 15) is 9.59 Å². The molecule has 0 radical (unpaired) electrons. The summed E-state index contributed by atoms with van der Waals surface area (Å²) in [6.45, 7) is 0.726. The van der Waals surface area contributed by atoms with Crippen LogP contribution in [0, 0.1) is 23.2 Å². The Kier molecular flexibility index (Phi) is 3.95. The zero-order valence-electron chi connectivity index (χ0n) is 12.8. The van der Waals surface area contributed by atoms with Crippen molar-refractivity contribution in [3.8, 4) is 0 Å². The van der Waals surface area contributed by atoms with Gasteiger partial charge in [0.25, 0.3) is 0 Å². The number of hydrogen-bond donors (Lipinski definition) is 2. The van der Waals surface area contributed by atoms with Crippen molar-refractivity contribution in [2.24, 2.45) is 28.9 Å². The number of carbonyl (C=O) groups is 2. The molecule has 0 spiro atoms. The molecule has 0 aromatic carbocycles. The maximum Gasteiger partial charge on any atom is 0.307 e. The van der Waals surface area contributed by atoms with Crippen LogP contribution in [0.25, 0.3) is 0 Å². The third-order valence-electron chi connectivity index (χ3n) is 5.75. The molecule has 4 saturated carbocycles. The van der Waals surface area contributed by atoms with Gasteiger partial charge in [0, 0.05) is 6.54 Å². The van der Waals surface area contributed by atoms with Crippen LogP contribution in [0.3, 0.4) is 0 Å². The molecule has 4 aliphatic carbocycles. The summed E-state index contributed by atoms with van der Waals surface area (Å²) in [5.41, 5.74) is 6.06. The predicted molar refractivity (Wildman–Crippen MR) is 78.2 cm³/mol. The zero-order chi connectivity index (χ0) is 15.0. The number of hydrogen-bond acceptors (Lipinski definition) is 4. The summed E-state index contributed by atoms with van der Waals surface area (Å²) in [6.07, 6.45) is 7.91. The van der Waals surface area contributed by atoms with Crippen LogP contribution in [-0.2, 0) is 14.3 Å². The number of nitrogens with one attached hydrogen (secondary N) is 1. The molecule has 21 heavy (non-hydrogen) atoms. The average molecular weight is 294 g/mol. The van der Waals surface area contributed by atoms with Crippen molar-refractivity contribution in [2.75, 3.05) is 13.7 Å². The molecular formula is C16H26N2O3. The molecule has 0 aliphatic heterocycles. The third kappa shape index (κ3) is 3.07. The fraction of sp³-hybridized carbons (Fsp3) is 0.875. The van der Waals surface area contributed by atoms with E-state index < -0.39 is 12.0 Å². The van der Waals surface area contributed by atoms with Crippen molar-refractivity contribution < 1.29 is 14.3 Å². The quantitative estimate of drug-likeness (QED) is 0.747. The van der Waals surface area contributed by atoms with Gasteiger partial charge in [0.05, 0.1) is 19.6 Å². The van der Waals surface area contributed by atoms with Gasteiger partial charge in [0.1, 0.15) is 0 Å². The van der Waals surface area contributed by atoms with Gasteiger partial charge in [-0.1, -0.05) is 0 Å². The van der Waals surface area contributed by atoms with Gasteiger partial charge in [-0.15, -0.1) is 0 Å². The van der Waals surface area contributed by atoms with Crippen LogP contribution in [0.1, 0.15) is 44.9 Å². The molecule has 4 rings (SSSR count). The fourth-order valence-electron chi connectivity index (χ4n) is 5.27. The first-order valence-electron chi connectivity index (χ1n) is 8.10. The second kappa shape index (κ2) is 5.59. The van der Waals surface area contributed by atoms with Crippen LogP contribution in [0.15, 0.2) is 0 Å². The van der Waals surface area contributed by atoms with E-state index >= 15 is 0 Å². The lowest BCUT2D eigenvalue weighted by atomic mass is 9.49. The van der Waals surface area contributed by atoms with Gasteiger partial charge in [-0.3, -0.25) is 9.59 Å². The number of nitrogens with two attached hydrogens (primary N) is 1. The van der Waals surface area contributed by atoms with Crippen molar-refractivity contribution >= 4 is 11.9 Å². The van der Waals surface area contributed by atoms with Crippen LogP contribution >= 0.6 is 0 Å². The van der Waals surface area contributed by atoms with Crippen LogP contribution in [-0.4, -0.2) is 31.6 Å². The number of amides is 1. The molecule has 5 nitrogen and oxygen atoms in total. The van der Waals surface area contributed by atoms with Gasteiger partial charge in [-0.05, 0) is 61.7 Å². The minimum Gasteiger partial charge on any atom is -0.469 e. The van der Waals surface area contributed by atoms with Crippen molar-refractivity contribution in [2.45, 2.75) is 51.0 Å². The highest BCUT2D eigenvalue weighted by atomic mass is 16.5. The molecule has 4 bridgehead atoms. The first-order valence-corrected chi connectivity index (χ1v) is 8.10. The molecule has 1 amide bonds. The Bertz CT molecular complexity index is 400. The lowest BCUT2D eigenvalue weighted by Gasteiger charge is -2.57. The monoisotopic (exact) mass is 294 g/mol. The number of carbonyl (C=O) groups excluding carboxylic acids is 2. The summed E-state index contributed by atoms with van der Waals surface area (Å²) in [6, 6.07) is -0.800. The second-order valence-corrected chi connectivity index (χ2v) is 7.52. The van der Waals surface area contributed by atoms with E-state index in [-0.39, 0.29) is 12.3 Å². The van der Waals surface area contributed by atoms with E-state index in [4.69, 9.17) is 5.73 Å². The number of methoxy groups -OCH3 is 1. The molecule has 1 atom stereocenters. The first-order chi connectivity index (χ1) is 9.99.